The van der Waals surface area contributed by atoms with Crippen molar-refractivity contribution in [2.75, 3.05) is 13.1 Å². The van der Waals surface area contributed by atoms with E-state index in [-0.39, 0.29) is 11.3 Å². The summed E-state index contributed by atoms with van der Waals surface area (Å²) in [5.41, 5.74) is 0.860. The van der Waals surface area contributed by atoms with Crippen molar-refractivity contribution in [1.29, 1.82) is 0 Å². The molecule has 21 heavy (non-hydrogen) atoms. The number of benzene rings is 1. The molecule has 0 spiro atoms. The molecule has 2 fully saturated rings. The van der Waals surface area contributed by atoms with Gasteiger partial charge in [-0.25, -0.2) is 0 Å². The zero-order chi connectivity index (χ0) is 14.7. The number of hydrogen-bond donors (Lipinski definition) is 2. The Kier molecular flexibility index (Phi) is 4.65. The smallest absolute Gasteiger partial charge is 0.230 e. The topological polar surface area (TPSA) is 41.1 Å². The predicted molar refractivity (Wildman–Crippen MR) is 88.3 cm³/mol. The van der Waals surface area contributed by atoms with Crippen LogP contribution in [0.2, 0.25) is 0 Å². The Hall–Kier alpha value is -0.870. The molecule has 2 aliphatic rings. The Labute approximate surface area is 135 Å². The molecule has 4 heteroatoms. The van der Waals surface area contributed by atoms with Crippen molar-refractivity contribution in [2.45, 2.75) is 50.0 Å². The van der Waals surface area contributed by atoms with Crippen molar-refractivity contribution in [2.24, 2.45) is 0 Å². The lowest BCUT2D eigenvalue weighted by Gasteiger charge is -2.29. The highest BCUT2D eigenvalue weighted by Crippen LogP contribution is 2.41. The van der Waals surface area contributed by atoms with Crippen molar-refractivity contribution in [3.63, 3.8) is 0 Å². The fourth-order valence-electron chi connectivity index (χ4n) is 3.71. The van der Waals surface area contributed by atoms with E-state index in [4.69, 9.17) is 0 Å². The average molecular weight is 351 g/mol. The average Bonchev–Trinajstić information content (AvgIpc) is 3.17. The standard InChI is InChI=1S/C17H23BrN2O/c18-14-7-5-13(6-8-14)17(9-1-2-10-17)16(21)20-12-15-4-3-11-19-15/h5-8,15,19H,1-4,9-12H2,(H,20,21). The molecule has 1 atom stereocenters. The second-order valence-electron chi connectivity index (χ2n) is 6.30. The van der Waals surface area contributed by atoms with Crippen LogP contribution in [0.1, 0.15) is 44.1 Å². The van der Waals surface area contributed by atoms with Gasteiger partial charge in [-0.2, -0.15) is 0 Å². The maximum Gasteiger partial charge on any atom is 0.230 e. The van der Waals surface area contributed by atoms with Gasteiger partial charge in [0.1, 0.15) is 0 Å². The van der Waals surface area contributed by atoms with Crippen LogP contribution in [0, 0.1) is 0 Å². The summed E-state index contributed by atoms with van der Waals surface area (Å²) in [6, 6.07) is 8.74. The molecular formula is C17H23BrN2O. The minimum absolute atomic E-state index is 0.219. The molecule has 3 rings (SSSR count). The lowest BCUT2D eigenvalue weighted by Crippen LogP contribution is -2.46. The first kappa shape index (κ1) is 15.0. The number of carbonyl (C=O) groups is 1. The Morgan fingerprint density at radius 3 is 2.57 bits per heavy atom. The largest absolute Gasteiger partial charge is 0.354 e. The van der Waals surface area contributed by atoms with Crippen molar-refractivity contribution < 1.29 is 4.79 Å². The lowest BCUT2D eigenvalue weighted by atomic mass is 9.78. The van der Waals surface area contributed by atoms with Crippen LogP contribution in [0.15, 0.2) is 28.7 Å². The molecule has 1 saturated heterocycles. The molecule has 0 bridgehead atoms. The van der Waals surface area contributed by atoms with E-state index >= 15 is 0 Å². The summed E-state index contributed by atoms with van der Waals surface area (Å²) in [7, 11) is 0. The van der Waals surface area contributed by atoms with Crippen molar-refractivity contribution in [1.82, 2.24) is 10.6 Å². The van der Waals surface area contributed by atoms with Gasteiger partial charge in [-0.15, -0.1) is 0 Å². The molecule has 1 saturated carbocycles. The quantitative estimate of drug-likeness (QED) is 0.875. The predicted octanol–water partition coefficient (Wildman–Crippen LogP) is 3.13. The maximum absolute atomic E-state index is 12.9. The highest BCUT2D eigenvalue weighted by molar-refractivity contribution is 9.10. The molecule has 114 valence electrons. The van der Waals surface area contributed by atoms with Crippen LogP contribution in [0.4, 0.5) is 0 Å². The molecular weight excluding hydrogens is 328 g/mol. The van der Waals surface area contributed by atoms with E-state index in [1.165, 1.54) is 18.4 Å². The van der Waals surface area contributed by atoms with E-state index in [2.05, 4.69) is 38.7 Å². The fraction of sp³-hybridized carbons (Fsp3) is 0.588. The number of amides is 1. The third-order valence-electron chi connectivity index (χ3n) is 4.96. The lowest BCUT2D eigenvalue weighted by molar-refractivity contribution is -0.126. The molecule has 1 unspecified atom stereocenters. The van der Waals surface area contributed by atoms with Crippen LogP contribution in [-0.4, -0.2) is 25.0 Å². The van der Waals surface area contributed by atoms with Gasteiger partial charge in [0.25, 0.3) is 0 Å². The third-order valence-corrected chi connectivity index (χ3v) is 5.49. The van der Waals surface area contributed by atoms with E-state index < -0.39 is 0 Å². The molecule has 1 aromatic carbocycles. The van der Waals surface area contributed by atoms with Gasteiger partial charge in [-0.3, -0.25) is 4.79 Å². The van der Waals surface area contributed by atoms with Crippen molar-refractivity contribution in [3.05, 3.63) is 34.3 Å². The van der Waals surface area contributed by atoms with Gasteiger partial charge in [0.2, 0.25) is 5.91 Å². The summed E-state index contributed by atoms with van der Waals surface area (Å²) in [4.78, 5) is 12.9. The van der Waals surface area contributed by atoms with Gasteiger partial charge in [-0.05, 0) is 49.9 Å². The van der Waals surface area contributed by atoms with Crippen LogP contribution < -0.4 is 10.6 Å². The monoisotopic (exact) mass is 350 g/mol. The van der Waals surface area contributed by atoms with Crippen LogP contribution in [-0.2, 0) is 10.2 Å². The van der Waals surface area contributed by atoms with E-state index in [0.29, 0.717) is 6.04 Å². The van der Waals surface area contributed by atoms with Gasteiger partial charge in [-0.1, -0.05) is 40.9 Å². The summed E-state index contributed by atoms with van der Waals surface area (Å²) in [6.07, 6.45) is 6.62. The highest BCUT2D eigenvalue weighted by atomic mass is 79.9. The molecule has 0 radical (unpaired) electrons. The number of hydrogen-bond acceptors (Lipinski definition) is 2. The van der Waals surface area contributed by atoms with E-state index in [9.17, 15) is 4.79 Å². The van der Waals surface area contributed by atoms with Crippen molar-refractivity contribution >= 4 is 21.8 Å². The Morgan fingerprint density at radius 2 is 1.95 bits per heavy atom. The van der Waals surface area contributed by atoms with Crippen LogP contribution in [0.3, 0.4) is 0 Å². The summed E-state index contributed by atoms with van der Waals surface area (Å²) in [6.45, 7) is 1.84. The van der Waals surface area contributed by atoms with Gasteiger partial charge in [0, 0.05) is 17.1 Å². The zero-order valence-electron chi connectivity index (χ0n) is 12.3. The summed E-state index contributed by atoms with van der Waals surface area (Å²) >= 11 is 3.48. The SMILES string of the molecule is O=C(NCC1CCCN1)C1(c2ccc(Br)cc2)CCCC1. The molecule has 0 aromatic heterocycles. The van der Waals surface area contributed by atoms with Gasteiger partial charge >= 0.3 is 0 Å². The molecule has 1 heterocycles. The number of nitrogens with one attached hydrogen (secondary N) is 2. The van der Waals surface area contributed by atoms with Crippen LogP contribution >= 0.6 is 15.9 Å². The second-order valence-corrected chi connectivity index (χ2v) is 7.22. The normalized spacial score (nSPS) is 24.1. The maximum atomic E-state index is 12.9. The van der Waals surface area contributed by atoms with Gasteiger partial charge in [0.15, 0.2) is 0 Å². The molecule has 1 amide bonds. The third kappa shape index (κ3) is 3.16. The van der Waals surface area contributed by atoms with E-state index in [1.54, 1.807) is 0 Å². The first-order valence-electron chi connectivity index (χ1n) is 7.98. The number of carbonyl (C=O) groups excluding carboxylic acids is 1. The van der Waals surface area contributed by atoms with Crippen LogP contribution in [0.25, 0.3) is 0 Å². The molecule has 3 nitrogen and oxygen atoms in total. The minimum atomic E-state index is -0.306. The van der Waals surface area contributed by atoms with E-state index in [1.807, 2.05) is 12.1 Å². The Bertz CT molecular complexity index is 488. The Morgan fingerprint density at radius 1 is 1.24 bits per heavy atom. The molecule has 1 aliphatic heterocycles. The summed E-state index contributed by atoms with van der Waals surface area (Å²) in [5.74, 6) is 0.219. The second kappa shape index (κ2) is 6.49. The van der Waals surface area contributed by atoms with Gasteiger partial charge < -0.3 is 10.6 Å². The highest BCUT2D eigenvalue weighted by Gasteiger charge is 2.42. The molecule has 2 N–H and O–H groups in total. The first-order chi connectivity index (χ1) is 10.2. The fourth-order valence-corrected chi connectivity index (χ4v) is 3.97. The van der Waals surface area contributed by atoms with Crippen molar-refractivity contribution in [3.8, 4) is 0 Å². The van der Waals surface area contributed by atoms with E-state index in [0.717, 1.165) is 43.2 Å². The number of rotatable bonds is 4. The molecule has 1 aromatic rings. The minimum Gasteiger partial charge on any atom is -0.354 e. The van der Waals surface area contributed by atoms with Crippen LogP contribution in [0.5, 0.6) is 0 Å². The summed E-state index contributed by atoms with van der Waals surface area (Å²) < 4.78 is 1.06. The van der Waals surface area contributed by atoms with Gasteiger partial charge in [0.05, 0.1) is 5.41 Å². The molecule has 1 aliphatic carbocycles. The Balaban J connectivity index is 1.73. The zero-order valence-corrected chi connectivity index (χ0v) is 13.9. The number of halogens is 1. The first-order valence-corrected chi connectivity index (χ1v) is 8.78. The summed E-state index contributed by atoms with van der Waals surface area (Å²) in [5, 5.41) is 6.65.